The second-order valence-corrected chi connectivity index (χ2v) is 4.41. The van der Waals surface area contributed by atoms with Crippen LogP contribution in [0.4, 0.5) is 13.2 Å². The number of likely N-dealkylation sites (N-methyl/N-ethyl adjacent to an activating group) is 1. The van der Waals surface area contributed by atoms with Gasteiger partial charge in [0.1, 0.15) is 0 Å². The largest absolute Gasteiger partial charge is 0.415 e. The molecular weight excluding hydrogens is 235 g/mol. The van der Waals surface area contributed by atoms with Gasteiger partial charge in [-0.1, -0.05) is 0 Å². The van der Waals surface area contributed by atoms with Gasteiger partial charge in [-0.15, -0.1) is 0 Å². The van der Waals surface area contributed by atoms with Crippen LogP contribution in [0.3, 0.4) is 0 Å². The third kappa shape index (κ3) is 5.67. The van der Waals surface area contributed by atoms with E-state index >= 15 is 0 Å². The number of rotatable bonds is 5. The van der Waals surface area contributed by atoms with E-state index in [1.165, 1.54) is 0 Å². The number of hydrogen-bond donors (Lipinski definition) is 2. The van der Waals surface area contributed by atoms with Crippen LogP contribution < -0.4 is 5.32 Å². The number of piperazine rings is 1. The molecule has 1 heterocycles. The summed E-state index contributed by atoms with van der Waals surface area (Å²) in [6, 6.07) is 0. The van der Waals surface area contributed by atoms with Gasteiger partial charge in [-0.3, -0.25) is 4.90 Å². The second-order valence-electron chi connectivity index (χ2n) is 4.41. The minimum Gasteiger partial charge on any atom is -0.382 e. The number of alkyl halides is 3. The van der Waals surface area contributed by atoms with Gasteiger partial charge < -0.3 is 15.3 Å². The van der Waals surface area contributed by atoms with Crippen molar-refractivity contribution in [1.29, 1.82) is 0 Å². The number of aliphatic hydroxyl groups excluding tert-OH is 1. The maximum atomic E-state index is 12.0. The molecule has 0 bridgehead atoms. The van der Waals surface area contributed by atoms with Crippen molar-refractivity contribution < 1.29 is 18.3 Å². The third-order valence-corrected chi connectivity index (χ3v) is 2.92. The molecule has 1 atom stereocenters. The number of halogens is 3. The van der Waals surface area contributed by atoms with Gasteiger partial charge in [-0.05, 0) is 7.05 Å². The fourth-order valence-corrected chi connectivity index (χ4v) is 1.66. The Bertz CT molecular complexity index is 217. The van der Waals surface area contributed by atoms with E-state index in [0.717, 1.165) is 32.7 Å². The molecule has 4 nitrogen and oxygen atoms in total. The number of nitrogens with zero attached hydrogens (tertiary/aromatic N) is 2. The van der Waals surface area contributed by atoms with Crippen molar-refractivity contribution in [2.24, 2.45) is 0 Å². The van der Waals surface area contributed by atoms with Crippen LogP contribution >= 0.6 is 0 Å². The first-order chi connectivity index (χ1) is 7.89. The van der Waals surface area contributed by atoms with Gasteiger partial charge in [0.15, 0.2) is 6.10 Å². The molecule has 2 N–H and O–H groups in total. The van der Waals surface area contributed by atoms with Crippen molar-refractivity contribution >= 4 is 0 Å². The molecule has 0 aromatic carbocycles. The summed E-state index contributed by atoms with van der Waals surface area (Å²) >= 11 is 0. The van der Waals surface area contributed by atoms with E-state index in [1.807, 2.05) is 0 Å². The van der Waals surface area contributed by atoms with Crippen LogP contribution in [0.15, 0.2) is 0 Å². The van der Waals surface area contributed by atoms with Crippen molar-refractivity contribution in [3.05, 3.63) is 0 Å². The van der Waals surface area contributed by atoms with Crippen LogP contribution in [0, 0.1) is 0 Å². The van der Waals surface area contributed by atoms with Crippen LogP contribution in [0.2, 0.25) is 0 Å². The van der Waals surface area contributed by atoms with E-state index in [1.54, 1.807) is 0 Å². The standard InChI is InChI=1S/C10H20F3N3O/c1-15-4-6-16(7-5-15)3-2-14-8-9(17)10(11,12)13/h9,14,17H,2-8H2,1H3. The van der Waals surface area contributed by atoms with E-state index in [0.29, 0.717) is 6.54 Å². The lowest BCUT2D eigenvalue weighted by atomic mass is 10.3. The zero-order valence-electron chi connectivity index (χ0n) is 10.0. The SMILES string of the molecule is CN1CCN(CCNCC(O)C(F)(F)F)CC1. The molecule has 1 rings (SSSR count). The molecule has 0 aliphatic carbocycles. The summed E-state index contributed by atoms with van der Waals surface area (Å²) in [5.74, 6) is 0. The Morgan fingerprint density at radius 1 is 1.24 bits per heavy atom. The summed E-state index contributed by atoms with van der Waals surface area (Å²) in [4.78, 5) is 4.42. The molecular formula is C10H20F3N3O. The molecule has 7 heteroatoms. The summed E-state index contributed by atoms with van der Waals surface area (Å²) in [6.07, 6.45) is -6.80. The summed E-state index contributed by atoms with van der Waals surface area (Å²) < 4.78 is 35.9. The van der Waals surface area contributed by atoms with Crippen molar-refractivity contribution in [2.75, 3.05) is 52.9 Å². The first-order valence-corrected chi connectivity index (χ1v) is 5.76. The van der Waals surface area contributed by atoms with Gasteiger partial charge in [0.05, 0.1) is 0 Å². The Labute approximate surface area is 99.4 Å². The lowest BCUT2D eigenvalue weighted by molar-refractivity contribution is -0.201. The first kappa shape index (κ1) is 14.7. The molecule has 1 saturated heterocycles. The van der Waals surface area contributed by atoms with E-state index in [4.69, 9.17) is 5.11 Å². The topological polar surface area (TPSA) is 38.7 Å². The average molecular weight is 255 g/mol. The molecule has 1 fully saturated rings. The highest BCUT2D eigenvalue weighted by Crippen LogP contribution is 2.18. The predicted octanol–water partition coefficient (Wildman–Crippen LogP) is -0.253. The Kier molecular flexibility index (Phi) is 5.64. The summed E-state index contributed by atoms with van der Waals surface area (Å²) in [5.41, 5.74) is 0. The van der Waals surface area contributed by atoms with Crippen molar-refractivity contribution in [3.63, 3.8) is 0 Å². The number of nitrogens with one attached hydrogen (secondary N) is 1. The molecule has 0 saturated carbocycles. The molecule has 0 aromatic rings. The first-order valence-electron chi connectivity index (χ1n) is 5.76. The monoisotopic (exact) mass is 255 g/mol. The Morgan fingerprint density at radius 3 is 2.35 bits per heavy atom. The number of aliphatic hydroxyl groups is 1. The van der Waals surface area contributed by atoms with E-state index in [-0.39, 0.29) is 0 Å². The third-order valence-electron chi connectivity index (χ3n) is 2.92. The van der Waals surface area contributed by atoms with Gasteiger partial charge in [-0.2, -0.15) is 13.2 Å². The highest BCUT2D eigenvalue weighted by Gasteiger charge is 2.37. The predicted molar refractivity (Wildman–Crippen MR) is 58.9 cm³/mol. The maximum Gasteiger partial charge on any atom is 0.415 e. The molecule has 1 aliphatic heterocycles. The average Bonchev–Trinajstić information content (AvgIpc) is 2.25. The zero-order valence-corrected chi connectivity index (χ0v) is 10.0. The van der Waals surface area contributed by atoms with Gasteiger partial charge >= 0.3 is 6.18 Å². The van der Waals surface area contributed by atoms with Gasteiger partial charge in [0.2, 0.25) is 0 Å². The van der Waals surface area contributed by atoms with Crippen LogP contribution in [-0.4, -0.2) is 80.0 Å². The number of hydrogen-bond acceptors (Lipinski definition) is 4. The smallest absolute Gasteiger partial charge is 0.382 e. The molecule has 0 aromatic heterocycles. The lowest BCUT2D eigenvalue weighted by Crippen LogP contribution is -2.47. The van der Waals surface area contributed by atoms with Gasteiger partial charge in [-0.25, -0.2) is 0 Å². The highest BCUT2D eigenvalue weighted by molar-refractivity contribution is 4.72. The fraction of sp³-hybridized carbons (Fsp3) is 1.00. The normalized spacial score (nSPS) is 21.7. The summed E-state index contributed by atoms with van der Waals surface area (Å²) in [7, 11) is 2.05. The van der Waals surface area contributed by atoms with Crippen molar-refractivity contribution in [2.45, 2.75) is 12.3 Å². The van der Waals surface area contributed by atoms with E-state index < -0.39 is 18.8 Å². The molecule has 0 spiro atoms. The van der Waals surface area contributed by atoms with Crippen molar-refractivity contribution in [3.8, 4) is 0 Å². The Balaban J connectivity index is 2.04. The molecule has 17 heavy (non-hydrogen) atoms. The van der Waals surface area contributed by atoms with E-state index in [2.05, 4.69) is 22.2 Å². The van der Waals surface area contributed by atoms with Crippen LogP contribution in [0.25, 0.3) is 0 Å². The summed E-state index contributed by atoms with van der Waals surface area (Å²) in [5, 5.41) is 11.4. The lowest BCUT2D eigenvalue weighted by Gasteiger charge is -2.32. The summed E-state index contributed by atoms with van der Waals surface area (Å²) in [6.45, 7) is 4.63. The molecule has 1 unspecified atom stereocenters. The molecule has 102 valence electrons. The highest BCUT2D eigenvalue weighted by atomic mass is 19.4. The Morgan fingerprint density at radius 2 is 1.82 bits per heavy atom. The van der Waals surface area contributed by atoms with Crippen molar-refractivity contribution in [1.82, 2.24) is 15.1 Å². The van der Waals surface area contributed by atoms with Crippen LogP contribution in [0.1, 0.15) is 0 Å². The minimum absolute atomic E-state index is 0.433. The minimum atomic E-state index is -4.53. The van der Waals surface area contributed by atoms with Gasteiger partial charge in [0.25, 0.3) is 0 Å². The zero-order chi connectivity index (χ0) is 12.9. The second kappa shape index (κ2) is 6.53. The molecule has 0 radical (unpaired) electrons. The van der Waals surface area contributed by atoms with Crippen LogP contribution in [-0.2, 0) is 0 Å². The maximum absolute atomic E-state index is 12.0. The van der Waals surface area contributed by atoms with Crippen LogP contribution in [0.5, 0.6) is 0 Å². The van der Waals surface area contributed by atoms with E-state index in [9.17, 15) is 13.2 Å². The quantitative estimate of drug-likeness (QED) is 0.664. The molecule has 0 amide bonds. The Hall–Kier alpha value is -0.370. The van der Waals surface area contributed by atoms with Gasteiger partial charge in [0, 0.05) is 45.8 Å². The fourth-order valence-electron chi connectivity index (χ4n) is 1.66. The molecule has 1 aliphatic rings.